The summed E-state index contributed by atoms with van der Waals surface area (Å²) >= 11 is 1.15. The summed E-state index contributed by atoms with van der Waals surface area (Å²) in [6, 6.07) is 6.67. The number of Topliss-reactive ketones (excluding diaryl/α,β-unsaturated/α-hetero) is 1. The van der Waals surface area contributed by atoms with E-state index in [0.29, 0.717) is 10.7 Å². The van der Waals surface area contributed by atoms with Crippen LogP contribution in [-0.2, 0) is 0 Å². The van der Waals surface area contributed by atoms with Crippen molar-refractivity contribution in [1.82, 2.24) is 9.97 Å². The summed E-state index contributed by atoms with van der Waals surface area (Å²) in [5.74, 6) is -0.526. The summed E-state index contributed by atoms with van der Waals surface area (Å²) in [4.78, 5) is 29.7. The highest BCUT2D eigenvalue weighted by Crippen LogP contribution is 2.21. The van der Waals surface area contributed by atoms with Crippen LogP contribution in [0.5, 0.6) is 0 Å². The number of ketones is 1. The largest absolute Gasteiger partial charge is 0.301 e. The number of aromatic nitrogens is 2. The Kier molecular flexibility index (Phi) is 4.11. The number of aromatic amines is 1. The van der Waals surface area contributed by atoms with Crippen LogP contribution in [0.2, 0.25) is 0 Å². The Morgan fingerprint density at radius 1 is 1.32 bits per heavy atom. The highest BCUT2D eigenvalue weighted by atomic mass is 32.2. The fourth-order valence-electron chi connectivity index (χ4n) is 1.48. The molecule has 2 rings (SSSR count). The van der Waals surface area contributed by atoms with Gasteiger partial charge in [0.05, 0.1) is 5.25 Å². The van der Waals surface area contributed by atoms with Crippen molar-refractivity contribution >= 4 is 17.5 Å². The molecule has 0 spiro atoms. The Morgan fingerprint density at radius 3 is 2.63 bits per heavy atom. The van der Waals surface area contributed by atoms with E-state index in [2.05, 4.69) is 9.97 Å². The number of hydrogen-bond acceptors (Lipinski definition) is 4. The molecule has 1 aromatic heterocycles. The van der Waals surface area contributed by atoms with Gasteiger partial charge >= 0.3 is 0 Å². The Labute approximate surface area is 113 Å². The van der Waals surface area contributed by atoms with Crippen LogP contribution < -0.4 is 5.56 Å². The summed E-state index contributed by atoms with van der Waals surface area (Å²) in [5, 5.41) is -0.0357. The van der Waals surface area contributed by atoms with Crippen molar-refractivity contribution in [2.45, 2.75) is 17.3 Å². The van der Waals surface area contributed by atoms with E-state index in [1.165, 1.54) is 36.5 Å². The molecule has 0 aliphatic rings. The van der Waals surface area contributed by atoms with E-state index in [4.69, 9.17) is 0 Å². The van der Waals surface area contributed by atoms with Gasteiger partial charge < -0.3 is 4.98 Å². The average molecular weight is 278 g/mol. The highest BCUT2D eigenvalue weighted by Gasteiger charge is 2.17. The Morgan fingerprint density at radius 2 is 2.00 bits per heavy atom. The molecule has 0 bridgehead atoms. The van der Waals surface area contributed by atoms with Crippen molar-refractivity contribution in [1.29, 1.82) is 0 Å². The molecule has 19 heavy (non-hydrogen) atoms. The quantitative estimate of drug-likeness (QED) is 0.529. The lowest BCUT2D eigenvalue weighted by atomic mass is 10.1. The molecule has 0 amide bonds. The predicted octanol–water partition coefficient (Wildman–Crippen LogP) is 2.27. The number of thioether (sulfide) groups is 1. The molecule has 1 unspecified atom stereocenters. The van der Waals surface area contributed by atoms with E-state index in [9.17, 15) is 14.0 Å². The zero-order chi connectivity index (χ0) is 13.8. The fraction of sp³-hybridized carbons (Fsp3) is 0.154. The van der Waals surface area contributed by atoms with Crippen molar-refractivity contribution in [3.8, 4) is 0 Å². The van der Waals surface area contributed by atoms with Crippen LogP contribution in [0, 0.1) is 5.82 Å². The van der Waals surface area contributed by atoms with Gasteiger partial charge in [-0.25, -0.2) is 9.37 Å². The minimum atomic E-state index is -0.420. The first-order valence-corrected chi connectivity index (χ1v) is 6.46. The predicted molar refractivity (Wildman–Crippen MR) is 70.9 cm³/mol. The van der Waals surface area contributed by atoms with Crippen molar-refractivity contribution in [2.75, 3.05) is 0 Å². The summed E-state index contributed by atoms with van der Waals surface area (Å²) in [6.45, 7) is 1.71. The van der Waals surface area contributed by atoms with Crippen LogP contribution in [0.15, 0.2) is 46.5 Å². The fourth-order valence-corrected chi connectivity index (χ4v) is 2.34. The number of benzene rings is 1. The molecule has 1 heterocycles. The molecule has 1 atom stereocenters. The normalized spacial score (nSPS) is 12.1. The van der Waals surface area contributed by atoms with Crippen molar-refractivity contribution in [2.24, 2.45) is 0 Å². The Bertz CT molecular complexity index is 640. The molecule has 4 nitrogen and oxygen atoms in total. The summed E-state index contributed by atoms with van der Waals surface area (Å²) in [7, 11) is 0. The maximum absolute atomic E-state index is 12.8. The van der Waals surface area contributed by atoms with E-state index < -0.39 is 5.25 Å². The second-order valence-corrected chi connectivity index (χ2v) is 5.20. The summed E-state index contributed by atoms with van der Waals surface area (Å²) < 4.78 is 12.8. The maximum Gasteiger partial charge on any atom is 0.251 e. The van der Waals surface area contributed by atoms with E-state index in [-0.39, 0.29) is 17.2 Å². The van der Waals surface area contributed by atoms with Gasteiger partial charge in [0.25, 0.3) is 5.56 Å². The molecular weight excluding hydrogens is 267 g/mol. The smallest absolute Gasteiger partial charge is 0.251 e. The SMILES string of the molecule is CC(Sc1nccc(=O)[nH]1)C(=O)c1ccc(F)cc1. The lowest BCUT2D eigenvalue weighted by Gasteiger charge is -2.09. The van der Waals surface area contributed by atoms with Crippen molar-refractivity contribution in [3.63, 3.8) is 0 Å². The van der Waals surface area contributed by atoms with Gasteiger partial charge in [0.1, 0.15) is 5.82 Å². The summed E-state index contributed by atoms with van der Waals surface area (Å²) in [5.41, 5.74) is 0.165. The Balaban J connectivity index is 2.11. The van der Waals surface area contributed by atoms with Crippen LogP contribution in [0.3, 0.4) is 0 Å². The number of carbonyl (C=O) groups excluding carboxylic acids is 1. The van der Waals surface area contributed by atoms with Crippen LogP contribution in [0.1, 0.15) is 17.3 Å². The van der Waals surface area contributed by atoms with Gasteiger partial charge in [-0.05, 0) is 31.2 Å². The van der Waals surface area contributed by atoms with Gasteiger partial charge in [-0.3, -0.25) is 9.59 Å². The monoisotopic (exact) mass is 278 g/mol. The number of halogens is 1. The molecule has 0 aliphatic carbocycles. The number of rotatable bonds is 4. The first-order chi connectivity index (χ1) is 9.06. The van der Waals surface area contributed by atoms with Gasteiger partial charge in [0.15, 0.2) is 10.9 Å². The van der Waals surface area contributed by atoms with E-state index >= 15 is 0 Å². The van der Waals surface area contributed by atoms with E-state index in [1.807, 2.05) is 0 Å². The molecule has 1 aromatic carbocycles. The van der Waals surface area contributed by atoms with Gasteiger partial charge in [-0.2, -0.15) is 0 Å². The third-order valence-electron chi connectivity index (χ3n) is 2.43. The molecule has 2 aromatic rings. The Hall–Kier alpha value is -1.95. The maximum atomic E-state index is 12.8. The molecule has 0 saturated heterocycles. The third-order valence-corrected chi connectivity index (χ3v) is 3.43. The highest BCUT2D eigenvalue weighted by molar-refractivity contribution is 8.00. The second kappa shape index (κ2) is 5.79. The molecular formula is C13H11FN2O2S. The zero-order valence-corrected chi connectivity index (χ0v) is 10.9. The van der Waals surface area contributed by atoms with Crippen LogP contribution >= 0.6 is 11.8 Å². The van der Waals surface area contributed by atoms with Crippen LogP contribution in [0.4, 0.5) is 4.39 Å². The molecule has 0 radical (unpaired) electrons. The number of nitrogens with zero attached hydrogens (tertiary/aromatic N) is 1. The zero-order valence-electron chi connectivity index (χ0n) is 10.1. The average Bonchev–Trinajstić information content (AvgIpc) is 2.39. The molecule has 1 N–H and O–H groups in total. The van der Waals surface area contributed by atoms with Crippen LogP contribution in [0.25, 0.3) is 0 Å². The minimum Gasteiger partial charge on any atom is -0.301 e. The molecule has 0 fully saturated rings. The van der Waals surface area contributed by atoms with Gasteiger partial charge in [0, 0.05) is 17.8 Å². The number of H-pyrrole nitrogens is 1. The summed E-state index contributed by atoms with van der Waals surface area (Å²) in [6.07, 6.45) is 1.39. The third kappa shape index (κ3) is 3.51. The van der Waals surface area contributed by atoms with Gasteiger partial charge in [-0.15, -0.1) is 0 Å². The lowest BCUT2D eigenvalue weighted by Crippen LogP contribution is -2.15. The first kappa shape index (κ1) is 13.5. The number of hydrogen-bond donors (Lipinski definition) is 1. The van der Waals surface area contributed by atoms with E-state index in [1.54, 1.807) is 6.92 Å². The van der Waals surface area contributed by atoms with Crippen molar-refractivity contribution in [3.05, 3.63) is 58.3 Å². The molecule has 6 heteroatoms. The van der Waals surface area contributed by atoms with Crippen LogP contribution in [-0.4, -0.2) is 21.0 Å². The topological polar surface area (TPSA) is 62.8 Å². The number of nitrogens with one attached hydrogen (secondary N) is 1. The molecule has 0 aliphatic heterocycles. The van der Waals surface area contributed by atoms with Crippen molar-refractivity contribution < 1.29 is 9.18 Å². The lowest BCUT2D eigenvalue weighted by molar-refractivity contribution is 0.0994. The number of carbonyl (C=O) groups is 1. The van der Waals surface area contributed by atoms with E-state index in [0.717, 1.165) is 11.8 Å². The molecule has 98 valence electrons. The first-order valence-electron chi connectivity index (χ1n) is 5.58. The van der Waals surface area contributed by atoms with Gasteiger partial charge in [0.2, 0.25) is 0 Å². The standard InChI is InChI=1S/C13H11FN2O2S/c1-8(19-13-15-7-6-11(17)16-13)12(18)9-2-4-10(14)5-3-9/h2-8H,1H3,(H,15,16,17). The molecule has 0 saturated carbocycles. The van der Waals surface area contributed by atoms with Gasteiger partial charge in [-0.1, -0.05) is 11.8 Å². The minimum absolute atomic E-state index is 0.142. The second-order valence-electron chi connectivity index (χ2n) is 3.87.